The maximum atomic E-state index is 10.6. The van der Waals surface area contributed by atoms with E-state index >= 15 is 0 Å². The lowest BCUT2D eigenvalue weighted by Gasteiger charge is -2.60. The number of hydrogen-bond donors (Lipinski definition) is 2. The first-order chi connectivity index (χ1) is 12.3. The lowest BCUT2D eigenvalue weighted by atomic mass is 9.45. The highest BCUT2D eigenvalue weighted by Gasteiger charge is 2.59. The molecule has 0 aromatic heterocycles. The van der Waals surface area contributed by atoms with Crippen LogP contribution in [0.25, 0.3) is 0 Å². The predicted octanol–water partition coefficient (Wildman–Crippen LogP) is 3.85. The topological polar surface area (TPSA) is 79.1 Å². The fourth-order valence-electron chi connectivity index (χ4n) is 7.29. The Balaban J connectivity index is 1.48. The zero-order valence-electron chi connectivity index (χ0n) is 16.1. The predicted molar refractivity (Wildman–Crippen MR) is 98.8 cm³/mol. The lowest BCUT2D eigenvalue weighted by molar-refractivity contribution is -0.142. The fourth-order valence-corrected chi connectivity index (χ4v) is 7.29. The monoisotopic (exact) mass is 363 g/mol. The van der Waals surface area contributed by atoms with Gasteiger partial charge in [0.05, 0.1) is 11.8 Å². The second-order valence-electron chi connectivity index (χ2n) is 9.82. The second-order valence-corrected chi connectivity index (χ2v) is 9.82. The fraction of sp³-hybridized carbons (Fsp3) is 0.905. The quantitative estimate of drug-likeness (QED) is 0.747. The number of aliphatic hydroxyl groups excluding tert-OH is 1. The second kappa shape index (κ2) is 6.50. The Morgan fingerprint density at radius 2 is 1.88 bits per heavy atom. The Bertz CT molecular complexity index is 605. The van der Waals surface area contributed by atoms with Crippen molar-refractivity contribution in [1.29, 1.82) is 0 Å². The first-order valence-electron chi connectivity index (χ1n) is 10.4. The summed E-state index contributed by atoms with van der Waals surface area (Å²) < 4.78 is 0. The van der Waals surface area contributed by atoms with E-state index in [0.29, 0.717) is 17.3 Å². The average Bonchev–Trinajstić information content (AvgIpc) is 2.90. The van der Waals surface area contributed by atoms with E-state index in [9.17, 15) is 9.90 Å². The molecule has 0 radical (unpaired) electrons. The first kappa shape index (κ1) is 18.3. The number of hydrogen-bond acceptors (Lipinski definition) is 4. The maximum Gasteiger partial charge on any atom is 0.344 e. The van der Waals surface area contributed by atoms with E-state index in [4.69, 9.17) is 9.94 Å². The SMILES string of the molecule is C[C@]12CCC(=NOCC(=O)O)C[C@@H]1CC[C@@H]1[C@@H]2CC[C@]2(C)[C@@H](O)CC[C@@H]12. The summed E-state index contributed by atoms with van der Waals surface area (Å²) in [4.78, 5) is 15.6. The highest BCUT2D eigenvalue weighted by atomic mass is 16.6. The number of fused-ring (bicyclic) bond motifs is 5. The van der Waals surface area contributed by atoms with Gasteiger partial charge in [0.1, 0.15) is 0 Å². The molecule has 4 aliphatic rings. The largest absolute Gasteiger partial charge is 0.479 e. The molecule has 0 saturated heterocycles. The van der Waals surface area contributed by atoms with Crippen LogP contribution in [0.4, 0.5) is 0 Å². The standard InChI is InChI=1S/C21H33NO4/c1-20-9-7-14(22-26-12-19(24)25)11-13(20)3-4-15-16-5-6-18(23)21(16,2)10-8-17(15)20/h13,15-18,23H,3-12H2,1-2H3,(H,24,25)/t13-,15-,16-,17-,18-,20-,21-/m0/s1. The van der Waals surface area contributed by atoms with Gasteiger partial charge in [-0.05, 0) is 92.3 Å². The smallest absolute Gasteiger partial charge is 0.344 e. The highest BCUT2D eigenvalue weighted by molar-refractivity contribution is 5.85. The molecule has 5 heteroatoms. The molecule has 4 rings (SSSR count). The van der Waals surface area contributed by atoms with Crippen LogP contribution in [0.15, 0.2) is 5.16 Å². The van der Waals surface area contributed by atoms with Gasteiger partial charge in [-0.15, -0.1) is 0 Å². The number of oxime groups is 1. The molecule has 5 nitrogen and oxygen atoms in total. The van der Waals surface area contributed by atoms with Gasteiger partial charge in [0.25, 0.3) is 0 Å². The summed E-state index contributed by atoms with van der Waals surface area (Å²) >= 11 is 0. The van der Waals surface area contributed by atoms with Crippen molar-refractivity contribution in [3.63, 3.8) is 0 Å². The molecule has 2 N–H and O–H groups in total. The van der Waals surface area contributed by atoms with Crippen molar-refractivity contribution in [3.8, 4) is 0 Å². The first-order valence-corrected chi connectivity index (χ1v) is 10.4. The Hall–Kier alpha value is -1.10. The van der Waals surface area contributed by atoms with Crippen LogP contribution in [0.1, 0.15) is 71.6 Å². The summed E-state index contributed by atoms with van der Waals surface area (Å²) in [7, 11) is 0. The van der Waals surface area contributed by atoms with Gasteiger partial charge in [-0.1, -0.05) is 19.0 Å². The van der Waals surface area contributed by atoms with Crippen LogP contribution in [0, 0.1) is 34.5 Å². The summed E-state index contributed by atoms with van der Waals surface area (Å²) in [6.45, 7) is 4.49. The van der Waals surface area contributed by atoms with Crippen molar-refractivity contribution in [2.75, 3.05) is 6.61 Å². The van der Waals surface area contributed by atoms with Gasteiger partial charge >= 0.3 is 5.97 Å². The van der Waals surface area contributed by atoms with Crippen LogP contribution in [0.5, 0.6) is 0 Å². The van der Waals surface area contributed by atoms with Crippen LogP contribution < -0.4 is 0 Å². The van der Waals surface area contributed by atoms with Crippen LogP contribution >= 0.6 is 0 Å². The number of rotatable bonds is 3. The summed E-state index contributed by atoms with van der Waals surface area (Å²) in [5, 5.41) is 23.4. The third-order valence-corrected chi connectivity index (χ3v) is 8.83. The van der Waals surface area contributed by atoms with Crippen molar-refractivity contribution in [2.24, 2.45) is 39.7 Å². The molecule has 0 spiro atoms. The van der Waals surface area contributed by atoms with Crippen molar-refractivity contribution in [3.05, 3.63) is 0 Å². The molecule has 0 bridgehead atoms. The van der Waals surface area contributed by atoms with Crippen molar-refractivity contribution >= 4 is 11.7 Å². The minimum atomic E-state index is -0.973. The lowest BCUT2D eigenvalue weighted by Crippen LogP contribution is -2.54. The summed E-state index contributed by atoms with van der Waals surface area (Å²) in [5.41, 5.74) is 1.56. The minimum absolute atomic E-state index is 0.101. The van der Waals surface area contributed by atoms with E-state index in [2.05, 4.69) is 19.0 Å². The molecule has 146 valence electrons. The van der Waals surface area contributed by atoms with E-state index in [-0.39, 0.29) is 18.1 Å². The molecule has 0 aromatic carbocycles. The number of carboxylic acid groups (broad SMARTS) is 1. The van der Waals surface area contributed by atoms with Crippen LogP contribution in [0.3, 0.4) is 0 Å². The zero-order chi connectivity index (χ0) is 18.5. The molecule has 26 heavy (non-hydrogen) atoms. The molecular weight excluding hydrogens is 330 g/mol. The molecule has 0 aromatic rings. The molecule has 0 amide bonds. The van der Waals surface area contributed by atoms with Gasteiger partial charge < -0.3 is 15.1 Å². The van der Waals surface area contributed by atoms with Crippen LogP contribution in [-0.2, 0) is 9.63 Å². The van der Waals surface area contributed by atoms with Gasteiger partial charge in [0.15, 0.2) is 0 Å². The molecule has 0 aliphatic heterocycles. The average molecular weight is 363 g/mol. The Labute approximate surface area is 156 Å². The van der Waals surface area contributed by atoms with Gasteiger partial charge in [-0.2, -0.15) is 0 Å². The van der Waals surface area contributed by atoms with E-state index in [1.165, 1.54) is 32.1 Å². The summed E-state index contributed by atoms with van der Waals surface area (Å²) in [6, 6.07) is 0. The number of carbonyl (C=O) groups is 1. The van der Waals surface area contributed by atoms with Crippen molar-refractivity contribution < 1.29 is 19.8 Å². The van der Waals surface area contributed by atoms with Crippen LogP contribution in [-0.4, -0.2) is 34.6 Å². The van der Waals surface area contributed by atoms with E-state index in [1.54, 1.807) is 0 Å². The molecular formula is C21H33NO4. The maximum absolute atomic E-state index is 10.6. The zero-order valence-corrected chi connectivity index (χ0v) is 16.1. The van der Waals surface area contributed by atoms with Gasteiger partial charge in [-0.3, -0.25) is 0 Å². The highest BCUT2D eigenvalue weighted by Crippen LogP contribution is 2.65. The number of aliphatic hydroxyl groups is 1. The molecule has 4 fully saturated rings. The third-order valence-electron chi connectivity index (χ3n) is 8.83. The molecule has 0 unspecified atom stereocenters. The number of carboxylic acids is 1. The Morgan fingerprint density at radius 1 is 1.12 bits per heavy atom. The Morgan fingerprint density at radius 3 is 2.65 bits per heavy atom. The normalized spacial score (nSPS) is 49.2. The van der Waals surface area contributed by atoms with Gasteiger partial charge in [0.2, 0.25) is 6.61 Å². The van der Waals surface area contributed by atoms with Crippen LogP contribution in [0.2, 0.25) is 0 Å². The molecule has 0 heterocycles. The van der Waals surface area contributed by atoms with Crippen molar-refractivity contribution in [1.82, 2.24) is 0 Å². The van der Waals surface area contributed by atoms with E-state index in [0.717, 1.165) is 43.2 Å². The number of nitrogens with zero attached hydrogens (tertiary/aromatic N) is 1. The van der Waals surface area contributed by atoms with Crippen molar-refractivity contribution in [2.45, 2.75) is 77.7 Å². The minimum Gasteiger partial charge on any atom is -0.479 e. The van der Waals surface area contributed by atoms with Gasteiger partial charge in [0, 0.05) is 0 Å². The number of aliphatic carboxylic acids is 1. The van der Waals surface area contributed by atoms with E-state index < -0.39 is 5.97 Å². The molecule has 4 aliphatic carbocycles. The van der Waals surface area contributed by atoms with Gasteiger partial charge in [-0.25, -0.2) is 4.79 Å². The Kier molecular flexibility index (Phi) is 4.57. The summed E-state index contributed by atoms with van der Waals surface area (Å²) in [6.07, 6.45) is 10.1. The molecule has 4 saturated carbocycles. The molecule has 7 atom stereocenters. The third kappa shape index (κ3) is 2.78. The van der Waals surface area contributed by atoms with E-state index in [1.807, 2.05) is 0 Å². The summed E-state index contributed by atoms with van der Waals surface area (Å²) in [5.74, 6) is 1.91.